The van der Waals surface area contributed by atoms with Gasteiger partial charge >= 0.3 is 0 Å². The monoisotopic (exact) mass is 386 g/mol. The number of nitrogens with zero attached hydrogens (tertiary/aromatic N) is 1. The maximum atomic E-state index is 12.3. The SMILES string of the molecule is CC1CN(c2ccc(NS(=O)(=O)c3ccc(Cl)s3)cc2)C(C)CO1. The maximum absolute atomic E-state index is 12.3. The third-order valence-electron chi connectivity index (χ3n) is 3.87. The van der Waals surface area contributed by atoms with Crippen LogP contribution in [0.1, 0.15) is 13.8 Å². The number of thiophene rings is 1. The van der Waals surface area contributed by atoms with Gasteiger partial charge in [-0.25, -0.2) is 8.42 Å². The molecule has 24 heavy (non-hydrogen) atoms. The van der Waals surface area contributed by atoms with Crippen LogP contribution < -0.4 is 9.62 Å². The summed E-state index contributed by atoms with van der Waals surface area (Å²) in [5.41, 5.74) is 1.58. The molecule has 2 unspecified atom stereocenters. The van der Waals surface area contributed by atoms with Crippen molar-refractivity contribution in [2.75, 3.05) is 22.8 Å². The molecule has 0 radical (unpaired) electrons. The van der Waals surface area contributed by atoms with E-state index >= 15 is 0 Å². The van der Waals surface area contributed by atoms with E-state index in [1.54, 1.807) is 18.2 Å². The van der Waals surface area contributed by atoms with Crippen molar-refractivity contribution in [1.29, 1.82) is 0 Å². The second-order valence-electron chi connectivity index (χ2n) is 5.86. The number of hydrogen-bond acceptors (Lipinski definition) is 5. The molecule has 8 heteroatoms. The molecule has 2 heterocycles. The van der Waals surface area contributed by atoms with E-state index in [9.17, 15) is 8.42 Å². The number of sulfonamides is 1. The van der Waals surface area contributed by atoms with Crippen LogP contribution in [0.3, 0.4) is 0 Å². The lowest BCUT2D eigenvalue weighted by atomic mass is 10.1. The lowest BCUT2D eigenvalue weighted by molar-refractivity contribution is 0.0344. The Morgan fingerprint density at radius 1 is 1.21 bits per heavy atom. The van der Waals surface area contributed by atoms with Gasteiger partial charge in [0.1, 0.15) is 4.21 Å². The Labute approximate surface area is 151 Å². The molecule has 3 rings (SSSR count). The van der Waals surface area contributed by atoms with Gasteiger partial charge in [-0.2, -0.15) is 0 Å². The first-order valence-corrected chi connectivity index (χ1v) is 10.3. The number of anilines is 2. The minimum Gasteiger partial charge on any atom is -0.375 e. The zero-order chi connectivity index (χ0) is 17.3. The van der Waals surface area contributed by atoms with Crippen molar-refractivity contribution >= 4 is 44.3 Å². The summed E-state index contributed by atoms with van der Waals surface area (Å²) in [4.78, 5) is 2.27. The van der Waals surface area contributed by atoms with E-state index in [4.69, 9.17) is 16.3 Å². The minimum atomic E-state index is -3.60. The van der Waals surface area contributed by atoms with Gasteiger partial charge in [-0.1, -0.05) is 11.6 Å². The maximum Gasteiger partial charge on any atom is 0.271 e. The average molecular weight is 387 g/mol. The van der Waals surface area contributed by atoms with Crippen LogP contribution in [-0.2, 0) is 14.8 Å². The van der Waals surface area contributed by atoms with Crippen LogP contribution in [0.4, 0.5) is 11.4 Å². The second-order valence-corrected chi connectivity index (χ2v) is 9.48. The van der Waals surface area contributed by atoms with Crippen molar-refractivity contribution in [3.63, 3.8) is 0 Å². The highest BCUT2D eigenvalue weighted by Crippen LogP contribution is 2.28. The third kappa shape index (κ3) is 3.85. The molecule has 1 aromatic heterocycles. The van der Waals surface area contributed by atoms with Crippen LogP contribution >= 0.6 is 22.9 Å². The highest BCUT2D eigenvalue weighted by atomic mass is 35.5. The second kappa shape index (κ2) is 6.92. The van der Waals surface area contributed by atoms with E-state index in [0.29, 0.717) is 16.6 Å². The van der Waals surface area contributed by atoms with E-state index in [1.807, 2.05) is 19.1 Å². The largest absolute Gasteiger partial charge is 0.375 e. The Bertz CT molecular complexity index is 805. The molecule has 0 spiro atoms. The van der Waals surface area contributed by atoms with Crippen LogP contribution in [0.5, 0.6) is 0 Å². The van der Waals surface area contributed by atoms with Gasteiger partial charge in [0.2, 0.25) is 0 Å². The zero-order valence-electron chi connectivity index (χ0n) is 13.4. The highest BCUT2D eigenvalue weighted by Gasteiger charge is 2.23. The molecule has 0 aliphatic carbocycles. The lowest BCUT2D eigenvalue weighted by Gasteiger charge is -2.38. The first-order chi connectivity index (χ1) is 11.3. The Morgan fingerprint density at radius 3 is 2.54 bits per heavy atom. The van der Waals surface area contributed by atoms with Crippen LogP contribution in [0.2, 0.25) is 4.34 Å². The minimum absolute atomic E-state index is 0.183. The van der Waals surface area contributed by atoms with Crippen molar-refractivity contribution < 1.29 is 13.2 Å². The molecule has 0 bridgehead atoms. The fourth-order valence-electron chi connectivity index (χ4n) is 2.63. The van der Waals surface area contributed by atoms with E-state index in [1.165, 1.54) is 6.07 Å². The van der Waals surface area contributed by atoms with Gasteiger partial charge in [0.05, 0.1) is 17.0 Å². The molecule has 0 amide bonds. The summed E-state index contributed by atoms with van der Waals surface area (Å²) < 4.78 is 33.5. The Kier molecular flexibility index (Phi) is 5.05. The Hall–Kier alpha value is -1.28. The number of ether oxygens (including phenoxy) is 1. The van der Waals surface area contributed by atoms with E-state index in [2.05, 4.69) is 16.5 Å². The summed E-state index contributed by atoms with van der Waals surface area (Å²) in [6.45, 7) is 5.67. The standard InChI is InChI=1S/C16H19ClN2O3S2/c1-11-10-22-12(2)9-19(11)14-5-3-13(4-6-14)18-24(20,21)16-8-7-15(17)23-16/h3-8,11-12,18H,9-10H2,1-2H3. The fourth-order valence-corrected chi connectivity index (χ4v) is 5.17. The van der Waals surface area contributed by atoms with Crippen molar-refractivity contribution in [3.05, 3.63) is 40.7 Å². The molecular weight excluding hydrogens is 368 g/mol. The zero-order valence-corrected chi connectivity index (χ0v) is 15.8. The van der Waals surface area contributed by atoms with Crippen molar-refractivity contribution in [3.8, 4) is 0 Å². The third-order valence-corrected chi connectivity index (χ3v) is 6.98. The van der Waals surface area contributed by atoms with E-state index in [-0.39, 0.29) is 16.4 Å². The van der Waals surface area contributed by atoms with E-state index in [0.717, 1.165) is 23.6 Å². The van der Waals surface area contributed by atoms with Gasteiger partial charge in [-0.3, -0.25) is 4.72 Å². The van der Waals surface area contributed by atoms with E-state index < -0.39 is 10.0 Å². The molecule has 1 N–H and O–H groups in total. The predicted octanol–water partition coefficient (Wildman–Crippen LogP) is 3.82. The predicted molar refractivity (Wildman–Crippen MR) is 98.8 cm³/mol. The summed E-state index contributed by atoms with van der Waals surface area (Å²) in [7, 11) is -3.60. The number of hydrogen-bond donors (Lipinski definition) is 1. The van der Waals surface area contributed by atoms with Gasteiger partial charge < -0.3 is 9.64 Å². The quantitative estimate of drug-likeness (QED) is 0.867. The summed E-state index contributed by atoms with van der Waals surface area (Å²) in [5, 5.41) is 0. The number of morpholine rings is 1. The molecule has 1 saturated heterocycles. The molecule has 1 fully saturated rings. The Morgan fingerprint density at radius 2 is 1.92 bits per heavy atom. The average Bonchev–Trinajstić information content (AvgIpc) is 2.98. The Balaban J connectivity index is 1.75. The van der Waals surface area contributed by atoms with Gasteiger partial charge in [-0.15, -0.1) is 11.3 Å². The molecule has 1 aromatic carbocycles. The van der Waals surface area contributed by atoms with Gasteiger partial charge in [-0.05, 0) is 50.2 Å². The molecule has 130 valence electrons. The van der Waals surface area contributed by atoms with Crippen molar-refractivity contribution in [2.24, 2.45) is 0 Å². The van der Waals surface area contributed by atoms with Gasteiger partial charge in [0, 0.05) is 24.0 Å². The van der Waals surface area contributed by atoms with Crippen molar-refractivity contribution in [2.45, 2.75) is 30.2 Å². The molecule has 5 nitrogen and oxygen atoms in total. The smallest absolute Gasteiger partial charge is 0.271 e. The summed E-state index contributed by atoms with van der Waals surface area (Å²) in [5.74, 6) is 0. The summed E-state index contributed by atoms with van der Waals surface area (Å²) in [6.07, 6.45) is 0.183. The van der Waals surface area contributed by atoms with Gasteiger partial charge in [0.25, 0.3) is 10.0 Å². The topological polar surface area (TPSA) is 58.6 Å². The first-order valence-electron chi connectivity index (χ1n) is 7.61. The summed E-state index contributed by atoms with van der Waals surface area (Å²) in [6, 6.07) is 10.8. The van der Waals surface area contributed by atoms with Crippen molar-refractivity contribution in [1.82, 2.24) is 0 Å². The summed E-state index contributed by atoms with van der Waals surface area (Å²) >= 11 is 6.85. The van der Waals surface area contributed by atoms with Crippen LogP contribution in [0.15, 0.2) is 40.6 Å². The number of benzene rings is 1. The fraction of sp³-hybridized carbons (Fsp3) is 0.375. The normalized spacial score (nSPS) is 21.7. The van der Waals surface area contributed by atoms with Crippen LogP contribution in [0.25, 0.3) is 0 Å². The molecule has 2 atom stereocenters. The molecule has 0 saturated carbocycles. The number of rotatable bonds is 4. The van der Waals surface area contributed by atoms with Crippen LogP contribution in [-0.4, -0.2) is 33.7 Å². The van der Waals surface area contributed by atoms with Gasteiger partial charge in [0.15, 0.2) is 0 Å². The highest BCUT2D eigenvalue weighted by molar-refractivity contribution is 7.94. The molecule has 2 aromatic rings. The molecular formula is C16H19ClN2O3S2. The first kappa shape index (κ1) is 17.5. The number of halogens is 1. The lowest BCUT2D eigenvalue weighted by Crippen LogP contribution is -2.47. The number of nitrogens with one attached hydrogen (secondary N) is 1. The molecule has 1 aliphatic heterocycles. The molecule has 1 aliphatic rings. The van der Waals surface area contributed by atoms with Crippen LogP contribution in [0, 0.1) is 0 Å².